The second-order valence-electron chi connectivity index (χ2n) is 7.52. The average Bonchev–Trinajstić information content (AvgIpc) is 2.68. The van der Waals surface area contributed by atoms with Gasteiger partial charge < -0.3 is 5.32 Å². The fourth-order valence-corrected chi connectivity index (χ4v) is 4.43. The van der Waals surface area contributed by atoms with Crippen LogP contribution in [0.5, 0.6) is 0 Å². The molecule has 1 N–H and O–H groups in total. The van der Waals surface area contributed by atoms with Crippen LogP contribution >= 0.6 is 12.2 Å². The van der Waals surface area contributed by atoms with E-state index in [4.69, 9.17) is 12.2 Å². The van der Waals surface area contributed by atoms with Gasteiger partial charge in [-0.1, -0.05) is 61.8 Å². The Kier molecular flexibility index (Phi) is 5.17. The Bertz CT molecular complexity index is 949. The third kappa shape index (κ3) is 4.16. The van der Waals surface area contributed by atoms with E-state index in [0.29, 0.717) is 4.99 Å². The molecule has 138 valence electrons. The molecule has 2 aromatic carbocycles. The minimum atomic E-state index is -0.256. The molecule has 0 unspecified atom stereocenters. The summed E-state index contributed by atoms with van der Waals surface area (Å²) < 4.78 is 13.6. The highest BCUT2D eigenvalue weighted by molar-refractivity contribution is 7.80. The number of rotatable bonds is 4. The van der Waals surface area contributed by atoms with Gasteiger partial charge in [-0.25, -0.2) is 4.39 Å². The van der Waals surface area contributed by atoms with Gasteiger partial charge in [0.1, 0.15) is 10.8 Å². The number of benzene rings is 2. The maximum Gasteiger partial charge on any atom is 0.123 e. The molecule has 0 atom stereocenters. The Morgan fingerprint density at radius 1 is 1.04 bits per heavy atom. The Hall–Kier alpha value is -2.33. The Morgan fingerprint density at radius 3 is 2.59 bits per heavy atom. The third-order valence-corrected chi connectivity index (χ3v) is 5.82. The van der Waals surface area contributed by atoms with Crippen molar-refractivity contribution >= 4 is 28.1 Å². The fourth-order valence-electron chi connectivity index (χ4n) is 4.10. The third-order valence-electron chi connectivity index (χ3n) is 5.48. The fraction of sp³-hybridized carbons (Fsp3) is 0.304. The topological polar surface area (TPSA) is 24.9 Å². The lowest BCUT2D eigenvalue weighted by Crippen LogP contribution is -2.51. The van der Waals surface area contributed by atoms with Crippen molar-refractivity contribution in [2.24, 2.45) is 0 Å². The minimum absolute atomic E-state index is 0.0203. The molecule has 0 spiro atoms. The predicted octanol–water partition coefficient (Wildman–Crippen LogP) is 5.58. The molecular weight excluding hydrogens is 355 g/mol. The smallest absolute Gasteiger partial charge is 0.123 e. The van der Waals surface area contributed by atoms with Gasteiger partial charge in [-0.15, -0.1) is 0 Å². The van der Waals surface area contributed by atoms with Crippen molar-refractivity contribution in [3.8, 4) is 0 Å². The first kappa shape index (κ1) is 18.1. The summed E-state index contributed by atoms with van der Waals surface area (Å²) in [6.45, 7) is 0. The lowest BCUT2D eigenvalue weighted by molar-refractivity contribution is 0.265. The highest BCUT2D eigenvalue weighted by Gasteiger charge is 2.33. The number of halogens is 1. The molecule has 0 amide bonds. The van der Waals surface area contributed by atoms with Gasteiger partial charge in [-0.3, -0.25) is 4.98 Å². The van der Waals surface area contributed by atoms with Gasteiger partial charge in [0, 0.05) is 22.7 Å². The summed E-state index contributed by atoms with van der Waals surface area (Å²) in [6, 6.07) is 17.2. The molecule has 0 bridgehead atoms. The molecule has 0 saturated heterocycles. The summed E-state index contributed by atoms with van der Waals surface area (Å²) in [4.78, 5) is 5.15. The largest absolute Gasteiger partial charge is 0.370 e. The van der Waals surface area contributed by atoms with E-state index in [9.17, 15) is 4.39 Å². The lowest BCUT2D eigenvalue weighted by atomic mass is 9.77. The summed E-state index contributed by atoms with van der Waals surface area (Å²) in [5, 5.41) is 4.45. The Balaban J connectivity index is 1.59. The van der Waals surface area contributed by atoms with Crippen LogP contribution in [-0.4, -0.2) is 15.5 Å². The summed E-state index contributed by atoms with van der Waals surface area (Å²) in [7, 11) is 0. The molecule has 27 heavy (non-hydrogen) atoms. The number of aromatic nitrogens is 1. The van der Waals surface area contributed by atoms with Gasteiger partial charge in [-0.2, -0.15) is 0 Å². The number of hydrogen-bond donors (Lipinski definition) is 1. The maximum atomic E-state index is 13.6. The summed E-state index contributed by atoms with van der Waals surface area (Å²) in [5.41, 5.74) is 2.93. The summed E-state index contributed by atoms with van der Waals surface area (Å²) in [6.07, 6.45) is 8.67. The van der Waals surface area contributed by atoms with Crippen molar-refractivity contribution in [1.29, 1.82) is 0 Å². The number of fused-ring (bicyclic) bond motifs is 1. The van der Waals surface area contributed by atoms with Crippen molar-refractivity contribution in [2.45, 2.75) is 44.1 Å². The normalized spacial score (nSPS) is 16.2. The van der Waals surface area contributed by atoms with Gasteiger partial charge >= 0.3 is 0 Å². The summed E-state index contributed by atoms with van der Waals surface area (Å²) in [5.74, 6) is -0.256. The lowest BCUT2D eigenvalue weighted by Gasteiger charge is -2.39. The van der Waals surface area contributed by atoms with Crippen molar-refractivity contribution < 1.29 is 4.39 Å². The zero-order chi connectivity index (χ0) is 18.7. The molecule has 3 aromatic rings. The maximum absolute atomic E-state index is 13.6. The Labute approximate surface area is 164 Å². The van der Waals surface area contributed by atoms with E-state index in [2.05, 4.69) is 40.6 Å². The number of pyridine rings is 1. The van der Waals surface area contributed by atoms with Crippen LogP contribution in [0.2, 0.25) is 0 Å². The van der Waals surface area contributed by atoms with Gasteiger partial charge in [0.25, 0.3) is 0 Å². The monoisotopic (exact) mass is 378 g/mol. The van der Waals surface area contributed by atoms with E-state index in [1.54, 1.807) is 12.3 Å². The van der Waals surface area contributed by atoms with Crippen molar-refractivity contribution in [3.63, 3.8) is 0 Å². The van der Waals surface area contributed by atoms with Gasteiger partial charge in [0.05, 0.1) is 5.52 Å². The van der Waals surface area contributed by atoms with Crippen LogP contribution < -0.4 is 5.32 Å². The van der Waals surface area contributed by atoms with E-state index < -0.39 is 0 Å². The first-order valence-electron chi connectivity index (χ1n) is 9.55. The molecule has 1 aliphatic carbocycles. The van der Waals surface area contributed by atoms with Gasteiger partial charge in [0.15, 0.2) is 0 Å². The van der Waals surface area contributed by atoms with E-state index in [1.807, 2.05) is 6.07 Å². The quantitative estimate of drug-likeness (QED) is 0.600. The zero-order valence-electron chi connectivity index (χ0n) is 15.2. The second-order valence-corrected chi connectivity index (χ2v) is 7.93. The number of thiocarbonyl (C=S) groups is 1. The van der Waals surface area contributed by atoms with Gasteiger partial charge in [0.2, 0.25) is 0 Å². The molecule has 1 saturated carbocycles. The van der Waals surface area contributed by atoms with Crippen LogP contribution in [0, 0.1) is 5.82 Å². The van der Waals surface area contributed by atoms with E-state index in [0.717, 1.165) is 35.7 Å². The SMILES string of the molecule is Fc1ccc2ncc(C(=S)NC3(Cc4ccccc4)CCCCC3)cc2c1. The van der Waals surface area contributed by atoms with Crippen molar-refractivity contribution in [2.75, 3.05) is 0 Å². The molecule has 1 fully saturated rings. The highest BCUT2D eigenvalue weighted by Crippen LogP contribution is 2.32. The average molecular weight is 379 g/mol. The van der Waals surface area contributed by atoms with Crippen LogP contribution in [0.3, 0.4) is 0 Å². The molecule has 4 heteroatoms. The van der Waals surface area contributed by atoms with E-state index >= 15 is 0 Å². The van der Waals surface area contributed by atoms with Crippen molar-refractivity contribution in [3.05, 3.63) is 77.7 Å². The summed E-state index contributed by atoms with van der Waals surface area (Å²) >= 11 is 5.74. The number of nitrogens with one attached hydrogen (secondary N) is 1. The van der Waals surface area contributed by atoms with Gasteiger partial charge in [-0.05, 0) is 49.1 Å². The number of nitrogens with zero attached hydrogens (tertiary/aromatic N) is 1. The molecule has 0 aliphatic heterocycles. The zero-order valence-corrected chi connectivity index (χ0v) is 16.1. The van der Waals surface area contributed by atoms with E-state index in [-0.39, 0.29) is 11.4 Å². The van der Waals surface area contributed by atoms with Crippen LogP contribution in [0.1, 0.15) is 43.2 Å². The van der Waals surface area contributed by atoms with Crippen LogP contribution in [0.4, 0.5) is 4.39 Å². The molecular formula is C23H23FN2S. The highest BCUT2D eigenvalue weighted by atomic mass is 32.1. The molecule has 1 aliphatic rings. The minimum Gasteiger partial charge on any atom is -0.370 e. The van der Waals surface area contributed by atoms with Crippen LogP contribution in [0.15, 0.2) is 60.8 Å². The predicted molar refractivity (Wildman–Crippen MR) is 112 cm³/mol. The van der Waals surface area contributed by atoms with Crippen LogP contribution in [-0.2, 0) is 6.42 Å². The second kappa shape index (κ2) is 7.73. The molecule has 1 heterocycles. The standard InChI is InChI=1S/C23H23FN2S/c24-20-9-10-21-18(14-20)13-19(16-25-21)22(27)26-23(11-5-2-6-12-23)15-17-7-3-1-4-8-17/h1,3-4,7-10,13-14,16H,2,5-6,11-12,15H2,(H,26,27). The Morgan fingerprint density at radius 2 is 1.81 bits per heavy atom. The molecule has 0 radical (unpaired) electrons. The van der Waals surface area contributed by atoms with Crippen LogP contribution in [0.25, 0.3) is 10.9 Å². The molecule has 2 nitrogen and oxygen atoms in total. The molecule has 1 aromatic heterocycles. The van der Waals surface area contributed by atoms with Crippen molar-refractivity contribution in [1.82, 2.24) is 10.3 Å². The molecule has 4 rings (SSSR count). The first-order valence-corrected chi connectivity index (χ1v) is 9.96. The van der Waals surface area contributed by atoms with E-state index in [1.165, 1.54) is 37.0 Å². The first-order chi connectivity index (χ1) is 13.1. The number of hydrogen-bond acceptors (Lipinski definition) is 2.